The van der Waals surface area contributed by atoms with Crippen LogP contribution in [0.2, 0.25) is 0 Å². The Bertz CT molecular complexity index is 712. The summed E-state index contributed by atoms with van der Waals surface area (Å²) < 4.78 is 26.8. The smallest absolute Gasteiger partial charge is 0.131 e. The normalized spacial score (nSPS) is 19.7. The van der Waals surface area contributed by atoms with Crippen molar-refractivity contribution < 1.29 is 8.78 Å². The molecule has 152 valence electrons. The highest BCUT2D eigenvalue weighted by Crippen LogP contribution is 2.39. The summed E-state index contributed by atoms with van der Waals surface area (Å²) in [7, 11) is 0. The molecule has 1 aliphatic carbocycles. The molecule has 0 aliphatic heterocycles. The molecule has 0 N–H and O–H groups in total. The van der Waals surface area contributed by atoms with Crippen molar-refractivity contribution in [3.05, 3.63) is 59.4 Å². The van der Waals surface area contributed by atoms with Crippen molar-refractivity contribution in [1.82, 2.24) is 0 Å². The van der Waals surface area contributed by atoms with Gasteiger partial charge >= 0.3 is 0 Å². The third-order valence-corrected chi connectivity index (χ3v) is 6.42. The number of unbranched alkanes of at least 4 members (excludes halogenated alkanes) is 4. The molecule has 28 heavy (non-hydrogen) atoms. The maximum atomic E-state index is 14.7. The molecule has 1 fully saturated rings. The first-order chi connectivity index (χ1) is 13.7. The molecule has 0 spiro atoms. The van der Waals surface area contributed by atoms with Crippen LogP contribution in [-0.4, -0.2) is 6.67 Å². The van der Waals surface area contributed by atoms with Crippen LogP contribution < -0.4 is 0 Å². The van der Waals surface area contributed by atoms with E-state index < -0.39 is 0 Å². The zero-order chi connectivity index (χ0) is 19.8. The highest BCUT2D eigenvalue weighted by Gasteiger charge is 2.23. The molecule has 2 aromatic carbocycles. The van der Waals surface area contributed by atoms with Crippen LogP contribution in [0.5, 0.6) is 0 Å². The van der Waals surface area contributed by atoms with E-state index in [9.17, 15) is 8.78 Å². The highest BCUT2D eigenvalue weighted by molar-refractivity contribution is 5.64. The van der Waals surface area contributed by atoms with E-state index in [0.29, 0.717) is 11.5 Å². The molecule has 1 aliphatic rings. The van der Waals surface area contributed by atoms with Crippen LogP contribution in [0.25, 0.3) is 11.1 Å². The predicted octanol–water partition coefficient (Wildman–Crippen LogP) is 8.39. The molecular formula is C26H34F2. The third-order valence-electron chi connectivity index (χ3n) is 6.42. The Balaban J connectivity index is 1.48. The van der Waals surface area contributed by atoms with E-state index in [0.717, 1.165) is 29.9 Å². The fourth-order valence-corrected chi connectivity index (χ4v) is 4.59. The Kier molecular flexibility index (Phi) is 8.06. The predicted molar refractivity (Wildman–Crippen MR) is 115 cm³/mol. The minimum absolute atomic E-state index is 0.100. The van der Waals surface area contributed by atoms with Gasteiger partial charge in [0.1, 0.15) is 5.82 Å². The first kappa shape index (κ1) is 21.0. The number of alkyl halides is 1. The van der Waals surface area contributed by atoms with E-state index in [1.54, 1.807) is 6.07 Å². The molecule has 0 bridgehead atoms. The fourth-order valence-electron chi connectivity index (χ4n) is 4.59. The second kappa shape index (κ2) is 10.7. The topological polar surface area (TPSA) is 0 Å². The molecule has 2 aromatic rings. The Morgan fingerprint density at radius 3 is 2.18 bits per heavy atom. The summed E-state index contributed by atoms with van der Waals surface area (Å²) in [5.74, 6) is 1.23. The SMILES string of the molecule is Cc1ccc(-c2ccc(C3CCC(CCCCCCCF)CC3)cc2F)cc1. The Morgan fingerprint density at radius 1 is 0.821 bits per heavy atom. The van der Waals surface area contributed by atoms with Crippen LogP contribution in [0.4, 0.5) is 8.78 Å². The second-order valence-electron chi connectivity index (χ2n) is 8.57. The number of rotatable bonds is 9. The zero-order valence-corrected chi connectivity index (χ0v) is 17.2. The second-order valence-corrected chi connectivity index (χ2v) is 8.57. The van der Waals surface area contributed by atoms with Crippen molar-refractivity contribution in [2.45, 2.75) is 77.0 Å². The van der Waals surface area contributed by atoms with Gasteiger partial charge in [-0.1, -0.05) is 74.1 Å². The maximum Gasteiger partial charge on any atom is 0.131 e. The van der Waals surface area contributed by atoms with E-state index in [-0.39, 0.29) is 12.5 Å². The van der Waals surface area contributed by atoms with Crippen LogP contribution in [0.1, 0.15) is 81.3 Å². The van der Waals surface area contributed by atoms with E-state index >= 15 is 0 Å². The lowest BCUT2D eigenvalue weighted by atomic mass is 9.77. The highest BCUT2D eigenvalue weighted by atomic mass is 19.1. The third kappa shape index (κ3) is 5.90. The zero-order valence-electron chi connectivity index (χ0n) is 17.2. The quantitative estimate of drug-likeness (QED) is 0.381. The van der Waals surface area contributed by atoms with Crippen LogP contribution in [0.15, 0.2) is 42.5 Å². The summed E-state index contributed by atoms with van der Waals surface area (Å²) in [6, 6.07) is 13.9. The van der Waals surface area contributed by atoms with Gasteiger partial charge < -0.3 is 0 Å². The molecule has 0 amide bonds. The van der Waals surface area contributed by atoms with Gasteiger partial charge in [0, 0.05) is 5.56 Å². The Labute approximate surface area is 169 Å². The van der Waals surface area contributed by atoms with Gasteiger partial charge in [-0.15, -0.1) is 0 Å². The first-order valence-corrected chi connectivity index (χ1v) is 11.1. The standard InChI is InChI=1S/C26H34F2/c1-20-8-12-23(13-9-20)25-17-16-24(19-26(25)28)22-14-10-21(11-15-22)7-5-3-2-4-6-18-27/h8-9,12-13,16-17,19,21-22H,2-7,10-11,14-15,18H2,1H3. The van der Waals surface area contributed by atoms with Crippen molar-refractivity contribution in [1.29, 1.82) is 0 Å². The summed E-state index contributed by atoms with van der Waals surface area (Å²) in [4.78, 5) is 0. The molecule has 0 aromatic heterocycles. The molecule has 0 heterocycles. The first-order valence-electron chi connectivity index (χ1n) is 11.1. The molecule has 1 saturated carbocycles. The van der Waals surface area contributed by atoms with Crippen molar-refractivity contribution in [3.8, 4) is 11.1 Å². The van der Waals surface area contributed by atoms with Gasteiger partial charge in [-0.3, -0.25) is 4.39 Å². The van der Waals surface area contributed by atoms with E-state index in [1.807, 2.05) is 37.3 Å². The lowest BCUT2D eigenvalue weighted by Gasteiger charge is -2.29. The number of hydrogen-bond acceptors (Lipinski definition) is 0. The molecule has 3 rings (SSSR count). The van der Waals surface area contributed by atoms with Gasteiger partial charge in [-0.2, -0.15) is 0 Å². The Hall–Kier alpha value is -1.70. The lowest BCUT2D eigenvalue weighted by molar-refractivity contribution is 0.301. The molecule has 2 heteroatoms. The molecule has 0 saturated heterocycles. The van der Waals surface area contributed by atoms with Crippen molar-refractivity contribution >= 4 is 0 Å². The van der Waals surface area contributed by atoms with Gasteiger partial charge in [0.15, 0.2) is 0 Å². The largest absolute Gasteiger partial charge is 0.251 e. The monoisotopic (exact) mass is 384 g/mol. The molecule has 0 nitrogen and oxygen atoms in total. The van der Waals surface area contributed by atoms with E-state index in [4.69, 9.17) is 0 Å². The van der Waals surface area contributed by atoms with Gasteiger partial charge in [0.25, 0.3) is 0 Å². The van der Waals surface area contributed by atoms with Crippen LogP contribution >= 0.6 is 0 Å². The van der Waals surface area contributed by atoms with Gasteiger partial charge in [0.2, 0.25) is 0 Å². The minimum atomic E-state index is -0.170. The van der Waals surface area contributed by atoms with Crippen LogP contribution in [-0.2, 0) is 0 Å². The average Bonchev–Trinajstić information content (AvgIpc) is 2.72. The summed E-state index contributed by atoms with van der Waals surface area (Å²) in [6.45, 7) is 1.88. The number of halogens is 2. The lowest BCUT2D eigenvalue weighted by Crippen LogP contribution is -2.13. The van der Waals surface area contributed by atoms with Crippen LogP contribution in [0.3, 0.4) is 0 Å². The number of benzene rings is 2. The number of aryl methyl sites for hydroxylation is 1. The van der Waals surface area contributed by atoms with Crippen molar-refractivity contribution in [3.63, 3.8) is 0 Å². The number of hydrogen-bond donors (Lipinski definition) is 0. The summed E-state index contributed by atoms with van der Waals surface area (Å²) >= 11 is 0. The van der Waals surface area contributed by atoms with Gasteiger partial charge in [0.05, 0.1) is 6.67 Å². The Morgan fingerprint density at radius 2 is 1.50 bits per heavy atom. The van der Waals surface area contributed by atoms with Gasteiger partial charge in [-0.05, 0) is 68.1 Å². The average molecular weight is 385 g/mol. The molecule has 0 unspecified atom stereocenters. The van der Waals surface area contributed by atoms with E-state index in [2.05, 4.69) is 6.07 Å². The van der Waals surface area contributed by atoms with Gasteiger partial charge in [-0.25, -0.2) is 4.39 Å². The minimum Gasteiger partial charge on any atom is -0.251 e. The molecule has 0 radical (unpaired) electrons. The van der Waals surface area contributed by atoms with E-state index in [1.165, 1.54) is 56.9 Å². The summed E-state index contributed by atoms with van der Waals surface area (Å²) in [6.07, 6.45) is 11.6. The molecular weight excluding hydrogens is 350 g/mol. The molecule has 0 atom stereocenters. The maximum absolute atomic E-state index is 14.7. The van der Waals surface area contributed by atoms with Crippen molar-refractivity contribution in [2.75, 3.05) is 6.67 Å². The summed E-state index contributed by atoms with van der Waals surface area (Å²) in [5.41, 5.74) is 4.01. The van der Waals surface area contributed by atoms with Crippen molar-refractivity contribution in [2.24, 2.45) is 5.92 Å². The summed E-state index contributed by atoms with van der Waals surface area (Å²) in [5, 5.41) is 0. The fraction of sp³-hybridized carbons (Fsp3) is 0.538. The van der Waals surface area contributed by atoms with Crippen LogP contribution in [0, 0.1) is 18.7 Å².